The molecule has 0 spiro atoms. The Labute approximate surface area is 245 Å². The minimum atomic E-state index is -4.34. The number of halogens is 1. The van der Waals surface area contributed by atoms with E-state index in [0.29, 0.717) is 29.8 Å². The largest absolute Gasteiger partial charge is 0.445 e. The Balaban J connectivity index is 2.03. The molecule has 1 aromatic carbocycles. The first-order chi connectivity index (χ1) is 19.4. The van der Waals surface area contributed by atoms with Gasteiger partial charge in [-0.05, 0) is 77.6 Å². The highest BCUT2D eigenvalue weighted by Crippen LogP contribution is 2.48. The number of esters is 2. The molecule has 2 aromatic heterocycles. The summed E-state index contributed by atoms with van der Waals surface area (Å²) in [6.45, 7) is 15.0. The molecule has 0 radical (unpaired) electrons. The second kappa shape index (κ2) is 12.6. The first kappa shape index (κ1) is 33.3. The lowest BCUT2D eigenvalue weighted by atomic mass is 9.98. The second-order valence-corrected chi connectivity index (χ2v) is 14.4. The molecule has 2 heterocycles. The highest BCUT2D eigenvalue weighted by molar-refractivity contribution is 7.61. The van der Waals surface area contributed by atoms with Crippen LogP contribution in [0, 0.1) is 22.6 Å². The van der Waals surface area contributed by atoms with Gasteiger partial charge in [0.2, 0.25) is 19.1 Å². The van der Waals surface area contributed by atoms with Gasteiger partial charge in [-0.3, -0.25) is 23.2 Å². The summed E-state index contributed by atoms with van der Waals surface area (Å²) in [6.07, 6.45) is 0.539. The summed E-state index contributed by atoms with van der Waals surface area (Å²) in [7, 11) is -4.34. The molecule has 232 valence electrons. The number of rotatable bonds is 11. The summed E-state index contributed by atoms with van der Waals surface area (Å²) in [5, 5.41) is 0. The van der Waals surface area contributed by atoms with Gasteiger partial charge in [-0.2, -0.15) is 0 Å². The third kappa shape index (κ3) is 7.40. The number of carbonyl (C=O) groups excluding carboxylic acids is 2. The Morgan fingerprint density at radius 1 is 1.05 bits per heavy atom. The maximum Gasteiger partial charge on any atom is 0.402 e. The molecule has 0 aliphatic carbocycles. The number of carbonyl (C=O) groups is 2. The van der Waals surface area contributed by atoms with Crippen molar-refractivity contribution in [3.63, 3.8) is 0 Å². The minimum Gasteiger partial charge on any atom is -0.445 e. The predicted molar refractivity (Wildman–Crippen MR) is 156 cm³/mol. The van der Waals surface area contributed by atoms with E-state index in [1.54, 1.807) is 41.5 Å². The van der Waals surface area contributed by atoms with Crippen LogP contribution in [-0.2, 0) is 45.6 Å². The summed E-state index contributed by atoms with van der Waals surface area (Å²) < 4.78 is 57.5. The molecule has 0 saturated carbocycles. The third-order valence-corrected chi connectivity index (χ3v) is 7.82. The molecule has 0 bridgehead atoms. The van der Waals surface area contributed by atoms with Gasteiger partial charge in [0.05, 0.1) is 22.0 Å². The molecule has 0 fully saturated rings. The van der Waals surface area contributed by atoms with Gasteiger partial charge < -0.3 is 24.2 Å². The van der Waals surface area contributed by atoms with Crippen molar-refractivity contribution in [1.29, 1.82) is 0 Å². The average molecular weight is 610 g/mol. The van der Waals surface area contributed by atoms with Crippen LogP contribution in [0.4, 0.5) is 10.1 Å². The Morgan fingerprint density at radius 3 is 2.07 bits per heavy atom. The number of fused-ring (bicyclic) bond motifs is 1. The number of benzene rings is 1. The number of nitrogens with zero attached hydrogens (tertiary/aromatic N) is 2. The molecule has 13 heteroatoms. The number of aryl methyl sites for hydroxylation is 1. The predicted octanol–water partition coefficient (Wildman–Crippen LogP) is 6.18. The lowest BCUT2D eigenvalue weighted by molar-refractivity contribution is -0.161. The van der Waals surface area contributed by atoms with Crippen molar-refractivity contribution in [2.45, 2.75) is 75.3 Å². The van der Waals surface area contributed by atoms with Gasteiger partial charge in [-0.15, -0.1) is 0 Å². The molecule has 3 rings (SSSR count). The van der Waals surface area contributed by atoms with E-state index in [-0.39, 0.29) is 22.9 Å². The molecular weight excluding hydrogens is 568 g/mol. The summed E-state index contributed by atoms with van der Waals surface area (Å²) >= 11 is 0. The highest BCUT2D eigenvalue weighted by atomic mass is 31.2. The lowest BCUT2D eigenvalue weighted by Crippen LogP contribution is -2.25. The number of furan rings is 1. The van der Waals surface area contributed by atoms with Crippen LogP contribution in [0.15, 0.2) is 22.6 Å². The van der Waals surface area contributed by atoms with Crippen molar-refractivity contribution < 1.29 is 41.5 Å². The number of nitrogens with two attached hydrogens (primary N) is 1. The van der Waals surface area contributed by atoms with Crippen LogP contribution in [0.5, 0.6) is 0 Å². The maximum atomic E-state index is 14.6. The molecule has 11 nitrogen and oxygen atoms in total. The van der Waals surface area contributed by atoms with E-state index < -0.39 is 49.8 Å². The van der Waals surface area contributed by atoms with Crippen molar-refractivity contribution in [3.8, 4) is 11.6 Å². The van der Waals surface area contributed by atoms with E-state index in [9.17, 15) is 18.5 Å². The van der Waals surface area contributed by atoms with Crippen molar-refractivity contribution in [1.82, 2.24) is 9.55 Å². The van der Waals surface area contributed by atoms with Crippen LogP contribution in [0.2, 0.25) is 0 Å². The summed E-state index contributed by atoms with van der Waals surface area (Å²) in [5.74, 6) is -1.05. The van der Waals surface area contributed by atoms with Crippen molar-refractivity contribution in [3.05, 3.63) is 29.6 Å². The van der Waals surface area contributed by atoms with E-state index in [1.165, 1.54) is 18.2 Å². The topological polar surface area (TPSA) is 145 Å². The zero-order valence-corrected chi connectivity index (χ0v) is 26.6. The quantitative estimate of drug-likeness (QED) is 0.116. The smallest absolute Gasteiger partial charge is 0.402 e. The van der Waals surface area contributed by atoms with Crippen LogP contribution < -0.4 is 11.2 Å². The van der Waals surface area contributed by atoms with Crippen LogP contribution in [0.25, 0.3) is 22.6 Å². The Bertz CT molecular complexity index is 1460. The SMILES string of the molecule is CCc1cc(F)c(N)c2nc(-c3ccc(P(=O)(OCOC(=O)C(C)(C)C)OCOC(=O)C(C)(C)C)o3)n(CC(C)C)c12. The summed E-state index contributed by atoms with van der Waals surface area (Å²) in [6, 6.07) is 4.30. The van der Waals surface area contributed by atoms with Gasteiger partial charge in [-0.1, -0.05) is 20.8 Å². The number of nitrogen functional groups attached to an aromatic ring is 1. The maximum absolute atomic E-state index is 14.6. The molecule has 0 saturated heterocycles. The monoisotopic (exact) mass is 609 g/mol. The highest BCUT2D eigenvalue weighted by Gasteiger charge is 2.36. The number of aromatic nitrogens is 2. The van der Waals surface area contributed by atoms with Gasteiger partial charge in [0.1, 0.15) is 11.3 Å². The summed E-state index contributed by atoms with van der Waals surface area (Å²) in [5.41, 5.74) is 5.78. The Morgan fingerprint density at radius 2 is 1.60 bits per heavy atom. The molecule has 42 heavy (non-hydrogen) atoms. The standard InChI is InChI=1S/C29H41FN3O8P/c1-10-18-13-19(30)22(31)23-24(18)33(14-17(2)3)25(32-23)20-11-12-21(41-20)42(36,39-15-37-26(34)28(4,5)6)40-16-38-27(35)29(7,8)9/h11-13,17H,10,14-16,31H2,1-9H3. The van der Waals surface area contributed by atoms with Crippen LogP contribution >= 0.6 is 7.60 Å². The number of anilines is 1. The number of imidazole rings is 1. The van der Waals surface area contributed by atoms with Crippen LogP contribution in [0.1, 0.15) is 67.9 Å². The molecule has 0 atom stereocenters. The number of hydrogen-bond acceptors (Lipinski definition) is 10. The minimum absolute atomic E-state index is 0.0867. The van der Waals surface area contributed by atoms with Crippen molar-refractivity contribution >= 4 is 41.8 Å². The van der Waals surface area contributed by atoms with E-state index in [2.05, 4.69) is 4.98 Å². The second-order valence-electron chi connectivity index (χ2n) is 12.4. The zero-order valence-electron chi connectivity index (χ0n) is 25.7. The van der Waals surface area contributed by atoms with E-state index >= 15 is 0 Å². The molecule has 2 N–H and O–H groups in total. The molecular formula is C29H41FN3O8P. The first-order valence-electron chi connectivity index (χ1n) is 13.7. The van der Waals surface area contributed by atoms with Gasteiger partial charge in [0.15, 0.2) is 11.6 Å². The van der Waals surface area contributed by atoms with Crippen molar-refractivity contribution in [2.75, 3.05) is 19.3 Å². The average Bonchev–Trinajstić information content (AvgIpc) is 3.51. The van der Waals surface area contributed by atoms with Gasteiger partial charge in [0.25, 0.3) is 0 Å². The fraction of sp³-hybridized carbons (Fsp3) is 0.552. The van der Waals surface area contributed by atoms with E-state index in [0.717, 1.165) is 5.56 Å². The lowest BCUT2D eigenvalue weighted by Gasteiger charge is -2.21. The number of ether oxygens (including phenoxy) is 2. The Kier molecular flexibility index (Phi) is 9.96. The van der Waals surface area contributed by atoms with Crippen molar-refractivity contribution in [2.24, 2.45) is 16.7 Å². The van der Waals surface area contributed by atoms with Crippen LogP contribution in [-0.4, -0.2) is 35.1 Å². The fourth-order valence-corrected chi connectivity index (χ4v) is 5.05. The normalized spacial score (nSPS) is 12.7. The van der Waals surface area contributed by atoms with E-state index in [1.807, 2.05) is 25.3 Å². The molecule has 0 unspecified atom stereocenters. The third-order valence-electron chi connectivity index (χ3n) is 6.15. The molecule has 0 amide bonds. The molecule has 3 aromatic rings. The van der Waals surface area contributed by atoms with Gasteiger partial charge in [-0.25, -0.2) is 9.37 Å². The Hall–Kier alpha value is -3.21. The first-order valence-corrected chi connectivity index (χ1v) is 15.2. The number of hydrogen-bond donors (Lipinski definition) is 1. The summed E-state index contributed by atoms with van der Waals surface area (Å²) in [4.78, 5) is 29.1. The van der Waals surface area contributed by atoms with Gasteiger partial charge in [0, 0.05) is 6.54 Å². The molecule has 0 aliphatic heterocycles. The fourth-order valence-electron chi connectivity index (χ4n) is 3.87. The van der Waals surface area contributed by atoms with E-state index in [4.69, 9.17) is 28.7 Å². The van der Waals surface area contributed by atoms with Gasteiger partial charge >= 0.3 is 19.5 Å². The molecule has 0 aliphatic rings. The van der Waals surface area contributed by atoms with Crippen LogP contribution in [0.3, 0.4) is 0 Å². The zero-order chi connectivity index (χ0) is 31.6.